The van der Waals surface area contributed by atoms with E-state index in [1.807, 2.05) is 12.1 Å². The molecule has 2 aromatic rings. The number of carbonyl (C=O) groups excluding carboxylic acids is 2. The van der Waals surface area contributed by atoms with Gasteiger partial charge in [0, 0.05) is 27.8 Å². The summed E-state index contributed by atoms with van der Waals surface area (Å²) in [4.78, 5) is 30.8. The highest BCUT2D eigenvalue weighted by Crippen LogP contribution is 2.29. The van der Waals surface area contributed by atoms with Crippen LogP contribution in [0.3, 0.4) is 0 Å². The molecular formula is C24H34BrCl3N5O3+. The highest BCUT2D eigenvalue weighted by atomic mass is 79.9. The van der Waals surface area contributed by atoms with E-state index in [9.17, 15) is 9.59 Å². The van der Waals surface area contributed by atoms with Gasteiger partial charge in [0.15, 0.2) is 5.78 Å². The fraction of sp³-hybridized carbons (Fsp3) is 0.417. The van der Waals surface area contributed by atoms with Crippen molar-refractivity contribution in [3.05, 3.63) is 69.7 Å². The smallest absolute Gasteiger partial charge is 0.217 e. The minimum atomic E-state index is -0.0903. The number of halogens is 4. The van der Waals surface area contributed by atoms with Gasteiger partial charge >= 0.3 is 0 Å². The Morgan fingerprint density at radius 1 is 0.889 bits per heavy atom. The molecule has 0 atom stereocenters. The highest BCUT2D eigenvalue weighted by molar-refractivity contribution is 8.93. The van der Waals surface area contributed by atoms with Crippen LogP contribution in [0.25, 0.3) is 0 Å². The molecule has 4 saturated heterocycles. The average Bonchev–Trinajstić information content (AvgIpc) is 2.78. The van der Waals surface area contributed by atoms with Crippen LogP contribution in [0.5, 0.6) is 0 Å². The Bertz CT molecular complexity index is 979. The molecule has 0 aromatic heterocycles. The van der Waals surface area contributed by atoms with Gasteiger partial charge < -0.3 is 10.8 Å². The van der Waals surface area contributed by atoms with E-state index in [1.165, 1.54) is 0 Å². The van der Waals surface area contributed by atoms with E-state index in [0.29, 0.717) is 22.2 Å². The SMILES string of the molecule is Br.CCO.Cl.NCC(=O)c1cccc(Cl)c1.O=C(C[N+]12CN3CN(CN(C3)C1)C2)c1cccc(Cl)c1. The second kappa shape index (κ2) is 15.3. The van der Waals surface area contributed by atoms with Gasteiger partial charge in [-0.3, -0.25) is 14.1 Å². The number of carbonyl (C=O) groups is 2. The van der Waals surface area contributed by atoms with Crippen LogP contribution in [0.1, 0.15) is 27.6 Å². The number of hydrogen-bond donors (Lipinski definition) is 2. The molecule has 6 rings (SSSR count). The molecule has 8 nitrogen and oxygen atoms in total. The lowest BCUT2D eigenvalue weighted by atomic mass is 10.1. The molecule has 4 aliphatic rings. The summed E-state index contributed by atoms with van der Waals surface area (Å²) in [6.45, 7) is 8.60. The number of aliphatic hydroxyl groups is 1. The summed E-state index contributed by atoms with van der Waals surface area (Å²) in [5, 5.41) is 8.76. The first-order valence-electron chi connectivity index (χ1n) is 11.2. The quantitative estimate of drug-likeness (QED) is 0.388. The first-order chi connectivity index (χ1) is 16.3. The van der Waals surface area contributed by atoms with Crippen molar-refractivity contribution in [3.63, 3.8) is 0 Å². The van der Waals surface area contributed by atoms with Gasteiger partial charge in [0.1, 0.15) is 26.6 Å². The summed E-state index contributed by atoms with van der Waals surface area (Å²) in [5.74, 6) is 0.102. The third-order valence-electron chi connectivity index (χ3n) is 5.66. The van der Waals surface area contributed by atoms with Crippen molar-refractivity contribution in [2.24, 2.45) is 5.73 Å². The van der Waals surface area contributed by atoms with E-state index in [2.05, 4.69) is 14.7 Å². The Kier molecular flexibility index (Phi) is 14.0. The maximum absolute atomic E-state index is 12.6. The standard InChI is InChI=1S/C14H18ClN4O.C8H8ClNO.C2H6O.BrH.ClH/c15-13-3-1-2-12(4-13)14(20)5-19-9-16-6-17(10-19)8-18(7-16)11-19;9-7-3-1-2-6(4-7)8(11)5-10;1-2-3;;/h1-4H,5-11H2;1-4H,5,10H2;3H,2H2,1H3;2*1H/q+1;;;;. The van der Waals surface area contributed by atoms with Crippen molar-refractivity contribution < 1.29 is 19.2 Å². The van der Waals surface area contributed by atoms with Crippen molar-refractivity contribution in [3.8, 4) is 0 Å². The third kappa shape index (κ3) is 9.02. The van der Waals surface area contributed by atoms with Crippen LogP contribution in [0.15, 0.2) is 48.5 Å². The van der Waals surface area contributed by atoms with E-state index in [0.717, 1.165) is 50.1 Å². The van der Waals surface area contributed by atoms with Crippen LogP contribution in [-0.4, -0.2) is 95.6 Å². The fourth-order valence-corrected chi connectivity index (χ4v) is 5.03. The monoisotopic (exact) mass is 624 g/mol. The zero-order valence-corrected chi connectivity index (χ0v) is 24.2. The summed E-state index contributed by atoms with van der Waals surface area (Å²) in [6, 6.07) is 14.0. The first-order valence-corrected chi connectivity index (χ1v) is 11.9. The van der Waals surface area contributed by atoms with Gasteiger partial charge in [0.25, 0.3) is 0 Å². The van der Waals surface area contributed by atoms with E-state index in [4.69, 9.17) is 34.0 Å². The fourth-order valence-electron chi connectivity index (χ4n) is 4.65. The first kappa shape index (κ1) is 32.9. The number of nitrogens with zero attached hydrogens (tertiary/aromatic N) is 4. The van der Waals surface area contributed by atoms with E-state index >= 15 is 0 Å². The second-order valence-electron chi connectivity index (χ2n) is 8.75. The number of quaternary nitrogens is 1. The largest absolute Gasteiger partial charge is 0.397 e. The van der Waals surface area contributed by atoms with Gasteiger partial charge in [-0.2, -0.15) is 0 Å². The minimum absolute atomic E-state index is 0. The molecule has 3 N–H and O–H groups in total. The molecule has 12 heteroatoms. The lowest BCUT2D eigenvalue weighted by Crippen LogP contribution is -2.79. The van der Waals surface area contributed by atoms with Crippen LogP contribution in [-0.2, 0) is 0 Å². The molecule has 0 spiro atoms. The van der Waals surface area contributed by atoms with Crippen LogP contribution < -0.4 is 5.73 Å². The maximum Gasteiger partial charge on any atom is 0.217 e. The molecule has 36 heavy (non-hydrogen) atoms. The van der Waals surface area contributed by atoms with E-state index in [1.54, 1.807) is 43.3 Å². The Hall–Kier alpha value is -1.11. The number of benzene rings is 2. The Morgan fingerprint density at radius 2 is 1.28 bits per heavy atom. The van der Waals surface area contributed by atoms with Crippen LogP contribution in [0, 0.1) is 0 Å². The van der Waals surface area contributed by atoms with Crippen molar-refractivity contribution >= 4 is 64.2 Å². The van der Waals surface area contributed by atoms with Gasteiger partial charge in [-0.15, -0.1) is 29.4 Å². The normalized spacial score (nSPS) is 24.6. The van der Waals surface area contributed by atoms with Gasteiger partial charge in [-0.25, -0.2) is 14.7 Å². The number of nitrogens with two attached hydrogens (primary N) is 1. The van der Waals surface area contributed by atoms with Gasteiger partial charge in [0.05, 0.1) is 26.6 Å². The predicted octanol–water partition coefficient (Wildman–Crippen LogP) is 3.51. The molecular weight excluding hydrogens is 593 g/mol. The van der Waals surface area contributed by atoms with Gasteiger partial charge in [-0.1, -0.05) is 47.5 Å². The molecule has 4 aliphatic heterocycles. The number of hydrogen-bond acceptors (Lipinski definition) is 7. The summed E-state index contributed by atoms with van der Waals surface area (Å²) in [5.41, 5.74) is 6.46. The number of rotatable bonds is 5. The highest BCUT2D eigenvalue weighted by Gasteiger charge is 2.49. The predicted molar refractivity (Wildman–Crippen MR) is 151 cm³/mol. The zero-order chi connectivity index (χ0) is 24.7. The van der Waals surface area contributed by atoms with Crippen LogP contribution >= 0.6 is 52.6 Å². The molecule has 0 saturated carbocycles. The topological polar surface area (TPSA) is 90.1 Å². The van der Waals surface area contributed by atoms with E-state index in [-0.39, 0.29) is 54.1 Å². The number of aliphatic hydroxyl groups excluding tert-OH is 1. The Labute approximate surface area is 239 Å². The summed E-state index contributed by atoms with van der Waals surface area (Å²) < 4.78 is 0.839. The molecule has 0 amide bonds. The zero-order valence-electron chi connectivity index (χ0n) is 20.2. The second-order valence-corrected chi connectivity index (χ2v) is 9.62. The lowest BCUT2D eigenvalue weighted by Gasteiger charge is -2.60. The van der Waals surface area contributed by atoms with Crippen molar-refractivity contribution in [2.45, 2.75) is 6.92 Å². The molecule has 0 aliphatic carbocycles. The molecule has 4 bridgehead atoms. The Balaban J connectivity index is 0.000000349. The third-order valence-corrected chi connectivity index (χ3v) is 6.13. The number of Topliss-reactive ketones (excluding diaryl/α,β-unsaturated/α-hetero) is 2. The Morgan fingerprint density at radius 3 is 1.64 bits per heavy atom. The molecule has 0 radical (unpaired) electrons. The lowest BCUT2D eigenvalue weighted by molar-refractivity contribution is -0.973. The van der Waals surface area contributed by atoms with Crippen molar-refractivity contribution in [2.75, 3.05) is 59.7 Å². The summed E-state index contributed by atoms with van der Waals surface area (Å²) in [7, 11) is 0. The van der Waals surface area contributed by atoms with Crippen molar-refractivity contribution in [1.29, 1.82) is 0 Å². The molecule has 2 aromatic carbocycles. The van der Waals surface area contributed by atoms with Crippen molar-refractivity contribution in [1.82, 2.24) is 14.7 Å². The average molecular weight is 627 g/mol. The van der Waals surface area contributed by atoms with Crippen LogP contribution in [0.4, 0.5) is 0 Å². The minimum Gasteiger partial charge on any atom is -0.397 e. The van der Waals surface area contributed by atoms with Gasteiger partial charge in [-0.05, 0) is 31.2 Å². The molecule has 4 fully saturated rings. The molecule has 4 heterocycles. The van der Waals surface area contributed by atoms with Gasteiger partial charge in [0.2, 0.25) is 5.78 Å². The summed E-state index contributed by atoms with van der Waals surface area (Å²) in [6.07, 6.45) is 0. The van der Waals surface area contributed by atoms with Crippen LogP contribution in [0.2, 0.25) is 10.0 Å². The van der Waals surface area contributed by atoms with E-state index < -0.39 is 0 Å². The molecule has 0 unspecified atom stereocenters. The summed E-state index contributed by atoms with van der Waals surface area (Å²) >= 11 is 11.6. The maximum atomic E-state index is 12.6. The molecule has 200 valence electrons. The number of ketones is 2.